The average molecular weight is 381 g/mol. The average Bonchev–Trinajstić information content (AvgIpc) is 2.64. The molecule has 0 aliphatic carbocycles. The third-order valence-electron chi connectivity index (χ3n) is 4.21. The van der Waals surface area contributed by atoms with E-state index in [-0.39, 0.29) is 37.0 Å². The molecule has 1 aromatic carbocycles. The molecule has 1 aliphatic heterocycles. The van der Waals surface area contributed by atoms with Gasteiger partial charge in [0.25, 0.3) is 5.91 Å². The fraction of sp³-hybridized carbons (Fsp3) is 0.294. The van der Waals surface area contributed by atoms with E-state index in [1.165, 1.54) is 6.20 Å². The lowest BCUT2D eigenvalue weighted by Gasteiger charge is -2.34. The quantitative estimate of drug-likeness (QED) is 0.813. The number of halogens is 2. The first-order valence-corrected chi connectivity index (χ1v) is 9.40. The van der Waals surface area contributed by atoms with Gasteiger partial charge in [0.2, 0.25) is 10.0 Å². The van der Waals surface area contributed by atoms with Gasteiger partial charge in [-0.15, -0.1) is 0 Å². The maximum atomic E-state index is 13.3. The molecule has 0 bridgehead atoms. The van der Waals surface area contributed by atoms with Crippen LogP contribution in [0.2, 0.25) is 0 Å². The minimum Gasteiger partial charge on any atom is -0.336 e. The van der Waals surface area contributed by atoms with Gasteiger partial charge in [0.05, 0.1) is 10.5 Å². The second-order valence-corrected chi connectivity index (χ2v) is 7.90. The molecule has 3 rings (SSSR count). The Morgan fingerprint density at radius 3 is 2.31 bits per heavy atom. The number of pyridine rings is 1. The molecule has 9 heteroatoms. The van der Waals surface area contributed by atoms with Gasteiger partial charge in [-0.1, -0.05) is 0 Å². The first kappa shape index (κ1) is 18.4. The number of sulfonamides is 1. The lowest BCUT2D eigenvalue weighted by molar-refractivity contribution is 0.0697. The molecule has 138 valence electrons. The normalized spacial score (nSPS) is 15.9. The second-order valence-electron chi connectivity index (χ2n) is 5.96. The molecule has 1 amide bonds. The largest absolute Gasteiger partial charge is 0.336 e. The minimum atomic E-state index is -3.94. The van der Waals surface area contributed by atoms with E-state index in [1.807, 2.05) is 6.92 Å². The van der Waals surface area contributed by atoms with Gasteiger partial charge in [-0.05, 0) is 37.3 Å². The van der Waals surface area contributed by atoms with Gasteiger partial charge in [0, 0.05) is 38.1 Å². The van der Waals surface area contributed by atoms with Gasteiger partial charge in [0.15, 0.2) is 11.6 Å². The SMILES string of the molecule is Cc1ccc(C(=O)N2CCN(S(=O)(=O)c3ccc(F)c(F)c3)CC2)cn1. The number of benzene rings is 1. The Hall–Kier alpha value is -2.39. The van der Waals surface area contributed by atoms with Gasteiger partial charge < -0.3 is 4.90 Å². The summed E-state index contributed by atoms with van der Waals surface area (Å²) in [6.07, 6.45) is 1.49. The summed E-state index contributed by atoms with van der Waals surface area (Å²) >= 11 is 0. The molecule has 6 nitrogen and oxygen atoms in total. The van der Waals surface area contributed by atoms with Gasteiger partial charge in [-0.2, -0.15) is 4.31 Å². The molecule has 1 saturated heterocycles. The minimum absolute atomic E-state index is 0.0758. The predicted octanol–water partition coefficient (Wildman–Crippen LogP) is 1.81. The summed E-state index contributed by atoms with van der Waals surface area (Å²) in [7, 11) is -3.94. The van der Waals surface area contributed by atoms with E-state index in [0.29, 0.717) is 11.6 Å². The topological polar surface area (TPSA) is 70.6 Å². The van der Waals surface area contributed by atoms with Crippen LogP contribution in [-0.2, 0) is 10.0 Å². The van der Waals surface area contributed by atoms with Crippen molar-refractivity contribution in [1.82, 2.24) is 14.2 Å². The summed E-state index contributed by atoms with van der Waals surface area (Å²) in [5.41, 5.74) is 1.23. The molecule has 0 spiro atoms. The summed E-state index contributed by atoms with van der Waals surface area (Å²) in [6, 6.07) is 5.89. The van der Waals surface area contributed by atoms with Gasteiger partial charge in [-0.3, -0.25) is 9.78 Å². The van der Waals surface area contributed by atoms with E-state index in [9.17, 15) is 22.0 Å². The monoisotopic (exact) mass is 381 g/mol. The lowest BCUT2D eigenvalue weighted by Crippen LogP contribution is -2.50. The van der Waals surface area contributed by atoms with E-state index in [0.717, 1.165) is 22.1 Å². The molecule has 0 atom stereocenters. The number of carbonyl (C=O) groups is 1. The van der Waals surface area contributed by atoms with E-state index in [1.54, 1.807) is 17.0 Å². The summed E-state index contributed by atoms with van der Waals surface area (Å²) in [4.78, 5) is 17.8. The molecule has 1 aliphatic rings. The number of hydrogen-bond acceptors (Lipinski definition) is 4. The van der Waals surface area contributed by atoms with Crippen LogP contribution in [0.1, 0.15) is 16.1 Å². The number of hydrogen-bond donors (Lipinski definition) is 0. The fourth-order valence-corrected chi connectivity index (χ4v) is 4.13. The Morgan fingerprint density at radius 2 is 1.73 bits per heavy atom. The summed E-state index contributed by atoms with van der Waals surface area (Å²) in [5.74, 6) is -2.54. The number of amides is 1. The highest BCUT2D eigenvalue weighted by atomic mass is 32.2. The number of aryl methyl sites for hydroxylation is 1. The van der Waals surface area contributed by atoms with Crippen molar-refractivity contribution >= 4 is 15.9 Å². The van der Waals surface area contributed by atoms with Crippen molar-refractivity contribution in [1.29, 1.82) is 0 Å². The van der Waals surface area contributed by atoms with Crippen molar-refractivity contribution in [3.8, 4) is 0 Å². The molecular formula is C17H17F2N3O3S. The van der Waals surface area contributed by atoms with Crippen molar-refractivity contribution < 1.29 is 22.0 Å². The maximum absolute atomic E-state index is 13.3. The van der Waals surface area contributed by atoms with Gasteiger partial charge in [-0.25, -0.2) is 17.2 Å². The first-order valence-electron chi connectivity index (χ1n) is 7.96. The standard InChI is InChI=1S/C17H17F2N3O3S/c1-12-2-3-13(11-20-12)17(23)21-6-8-22(9-7-21)26(24,25)14-4-5-15(18)16(19)10-14/h2-5,10-11H,6-9H2,1H3. The van der Waals surface area contributed by atoms with Gasteiger partial charge >= 0.3 is 0 Å². The molecule has 0 N–H and O–H groups in total. The molecule has 1 fully saturated rings. The number of carbonyl (C=O) groups excluding carboxylic acids is 1. The van der Waals surface area contributed by atoms with Crippen molar-refractivity contribution in [2.75, 3.05) is 26.2 Å². The summed E-state index contributed by atoms with van der Waals surface area (Å²) in [5, 5.41) is 0. The van der Waals surface area contributed by atoms with Crippen LogP contribution in [0.5, 0.6) is 0 Å². The smallest absolute Gasteiger partial charge is 0.255 e. The third kappa shape index (κ3) is 3.58. The molecule has 0 saturated carbocycles. The molecule has 1 aromatic heterocycles. The Balaban J connectivity index is 1.70. The van der Waals surface area contributed by atoms with E-state index in [4.69, 9.17) is 0 Å². The van der Waals surface area contributed by atoms with E-state index in [2.05, 4.69) is 4.98 Å². The Labute approximate surface area is 150 Å². The van der Waals surface area contributed by atoms with Crippen LogP contribution in [0.25, 0.3) is 0 Å². The maximum Gasteiger partial charge on any atom is 0.255 e. The number of piperazine rings is 1. The molecule has 26 heavy (non-hydrogen) atoms. The highest BCUT2D eigenvalue weighted by Gasteiger charge is 2.31. The zero-order valence-corrected chi connectivity index (χ0v) is 14.8. The lowest BCUT2D eigenvalue weighted by atomic mass is 10.2. The Morgan fingerprint density at radius 1 is 1.04 bits per heavy atom. The van der Waals surface area contributed by atoms with Crippen LogP contribution in [0.4, 0.5) is 8.78 Å². The molecular weight excluding hydrogens is 364 g/mol. The van der Waals surface area contributed by atoms with Crippen molar-refractivity contribution in [3.63, 3.8) is 0 Å². The van der Waals surface area contributed by atoms with E-state index >= 15 is 0 Å². The molecule has 0 radical (unpaired) electrons. The molecule has 2 aromatic rings. The molecule has 0 unspecified atom stereocenters. The van der Waals surface area contributed by atoms with Crippen molar-refractivity contribution in [2.24, 2.45) is 0 Å². The first-order chi connectivity index (χ1) is 12.3. The predicted molar refractivity (Wildman–Crippen MR) is 90.0 cm³/mol. The summed E-state index contributed by atoms with van der Waals surface area (Å²) in [6.45, 7) is 2.38. The van der Waals surface area contributed by atoms with Crippen LogP contribution in [0.15, 0.2) is 41.4 Å². The summed E-state index contributed by atoms with van der Waals surface area (Å²) < 4.78 is 52.6. The Bertz CT molecular complexity index is 925. The van der Waals surface area contributed by atoms with Crippen molar-refractivity contribution in [3.05, 3.63) is 59.4 Å². The van der Waals surface area contributed by atoms with Gasteiger partial charge in [0.1, 0.15) is 0 Å². The highest BCUT2D eigenvalue weighted by Crippen LogP contribution is 2.20. The number of nitrogens with zero attached hydrogens (tertiary/aromatic N) is 3. The zero-order chi connectivity index (χ0) is 18.9. The van der Waals surface area contributed by atoms with Crippen LogP contribution < -0.4 is 0 Å². The molecule has 2 heterocycles. The fourth-order valence-electron chi connectivity index (χ4n) is 2.69. The van der Waals surface area contributed by atoms with Crippen LogP contribution >= 0.6 is 0 Å². The van der Waals surface area contributed by atoms with E-state index < -0.39 is 21.7 Å². The number of rotatable bonds is 3. The Kier molecular flexibility index (Phi) is 5.01. The van der Waals surface area contributed by atoms with Crippen molar-refractivity contribution in [2.45, 2.75) is 11.8 Å². The van der Waals surface area contributed by atoms with Crippen LogP contribution in [0, 0.1) is 18.6 Å². The second kappa shape index (κ2) is 7.08. The van der Waals surface area contributed by atoms with Crippen LogP contribution in [-0.4, -0.2) is 54.7 Å². The number of aromatic nitrogens is 1. The zero-order valence-electron chi connectivity index (χ0n) is 14.0. The van der Waals surface area contributed by atoms with Crippen LogP contribution in [0.3, 0.4) is 0 Å². The third-order valence-corrected chi connectivity index (χ3v) is 6.11. The highest BCUT2D eigenvalue weighted by molar-refractivity contribution is 7.89.